The number of methoxy groups -OCH3 is 1. The van der Waals surface area contributed by atoms with Gasteiger partial charge in [-0.2, -0.15) is 0 Å². The number of carbonyl (C=O) groups is 1. The summed E-state index contributed by atoms with van der Waals surface area (Å²) in [6.45, 7) is 0.00946. The van der Waals surface area contributed by atoms with Gasteiger partial charge in [0.05, 0.1) is 12.3 Å². The third-order valence-corrected chi connectivity index (χ3v) is 1.85. The molecule has 0 spiro atoms. The second-order valence-electron chi connectivity index (χ2n) is 3.32. The molecule has 0 fully saturated rings. The minimum atomic E-state index is -0.817. The van der Waals surface area contributed by atoms with Crippen LogP contribution in [0.2, 0.25) is 0 Å². The van der Waals surface area contributed by atoms with Crippen LogP contribution in [-0.4, -0.2) is 37.6 Å². The van der Waals surface area contributed by atoms with Gasteiger partial charge in [0.2, 0.25) is 0 Å². The maximum absolute atomic E-state index is 11.2. The second kappa shape index (κ2) is 7.48. The number of aliphatic hydroxyl groups excluding tert-OH is 1. The molecule has 3 N–H and O–H groups in total. The monoisotopic (exact) mass is 240 g/mol. The van der Waals surface area contributed by atoms with Crippen LogP contribution in [0.25, 0.3) is 0 Å². The Morgan fingerprint density at radius 2 is 2.06 bits per heavy atom. The van der Waals surface area contributed by atoms with Gasteiger partial charge in [0, 0.05) is 7.11 Å². The van der Waals surface area contributed by atoms with Gasteiger partial charge in [-0.3, -0.25) is 5.43 Å². The lowest BCUT2D eigenvalue weighted by molar-refractivity contribution is 0.0167. The summed E-state index contributed by atoms with van der Waals surface area (Å²) >= 11 is 0. The van der Waals surface area contributed by atoms with E-state index in [1.807, 2.05) is 18.2 Å². The average Bonchev–Trinajstić information content (AvgIpc) is 2.35. The summed E-state index contributed by atoms with van der Waals surface area (Å²) in [5.74, 6) is 0. The van der Waals surface area contributed by atoms with Gasteiger partial charge in [-0.15, -0.1) is 0 Å². The standard InChI is InChI=1S/C11H16N2O4/c1-16-7-10(14)8-17-11(15)13-12-9-5-3-2-4-6-9/h2-6,10,12,14H,7-8H2,1H3,(H,13,15). The Hall–Kier alpha value is -1.79. The third kappa shape index (κ3) is 5.74. The molecule has 0 aliphatic rings. The van der Waals surface area contributed by atoms with Crippen LogP contribution in [0.15, 0.2) is 30.3 Å². The lowest BCUT2D eigenvalue weighted by Crippen LogP contribution is -2.33. The molecule has 94 valence electrons. The maximum atomic E-state index is 11.2. The molecule has 0 bridgehead atoms. The first-order valence-electron chi connectivity index (χ1n) is 5.13. The van der Waals surface area contributed by atoms with E-state index in [9.17, 15) is 9.90 Å². The number of amides is 1. The predicted molar refractivity (Wildman–Crippen MR) is 62.4 cm³/mol. The third-order valence-electron chi connectivity index (χ3n) is 1.85. The van der Waals surface area contributed by atoms with E-state index in [1.165, 1.54) is 7.11 Å². The predicted octanol–water partition coefficient (Wildman–Crippen LogP) is 0.747. The highest BCUT2D eigenvalue weighted by Gasteiger charge is 2.07. The van der Waals surface area contributed by atoms with Crippen LogP contribution in [0.5, 0.6) is 0 Å². The molecule has 1 aromatic rings. The Bertz CT molecular complexity index is 332. The van der Waals surface area contributed by atoms with E-state index < -0.39 is 12.2 Å². The first-order valence-corrected chi connectivity index (χ1v) is 5.13. The van der Waals surface area contributed by atoms with Crippen LogP contribution < -0.4 is 10.9 Å². The van der Waals surface area contributed by atoms with E-state index in [1.54, 1.807) is 12.1 Å². The SMILES string of the molecule is COCC(O)COC(=O)NNc1ccccc1. The number of benzene rings is 1. The lowest BCUT2D eigenvalue weighted by Gasteiger charge is -2.12. The van der Waals surface area contributed by atoms with Crippen molar-refractivity contribution in [3.8, 4) is 0 Å². The van der Waals surface area contributed by atoms with Crippen molar-refractivity contribution in [2.45, 2.75) is 6.10 Å². The molecule has 0 aromatic heterocycles. The number of hydrogen-bond donors (Lipinski definition) is 3. The molecule has 17 heavy (non-hydrogen) atoms. The fourth-order valence-corrected chi connectivity index (χ4v) is 1.09. The molecule has 0 saturated heterocycles. The van der Waals surface area contributed by atoms with Gasteiger partial charge in [0.1, 0.15) is 12.7 Å². The van der Waals surface area contributed by atoms with Crippen molar-refractivity contribution in [2.24, 2.45) is 0 Å². The summed E-state index contributed by atoms with van der Waals surface area (Å²) < 4.78 is 9.42. The Morgan fingerprint density at radius 1 is 1.35 bits per heavy atom. The molecule has 0 radical (unpaired) electrons. The number of hydrogen-bond acceptors (Lipinski definition) is 5. The molecule has 0 aliphatic carbocycles. The first kappa shape index (κ1) is 13.3. The number of rotatable bonds is 6. The highest BCUT2D eigenvalue weighted by atomic mass is 16.6. The second-order valence-corrected chi connectivity index (χ2v) is 3.32. The normalized spacial score (nSPS) is 11.6. The first-order chi connectivity index (χ1) is 8.22. The minimum Gasteiger partial charge on any atom is -0.446 e. The minimum absolute atomic E-state index is 0.115. The number of hydrazine groups is 1. The van der Waals surface area contributed by atoms with Gasteiger partial charge in [-0.1, -0.05) is 18.2 Å². The van der Waals surface area contributed by atoms with E-state index >= 15 is 0 Å². The molecule has 0 saturated carbocycles. The molecule has 1 aromatic carbocycles. The molecular weight excluding hydrogens is 224 g/mol. The van der Waals surface area contributed by atoms with Crippen molar-refractivity contribution < 1.29 is 19.4 Å². The summed E-state index contributed by atoms with van der Waals surface area (Å²) in [7, 11) is 1.46. The van der Waals surface area contributed by atoms with E-state index in [4.69, 9.17) is 4.74 Å². The fourth-order valence-electron chi connectivity index (χ4n) is 1.09. The molecule has 6 heteroatoms. The molecule has 0 aliphatic heterocycles. The number of anilines is 1. The van der Waals surface area contributed by atoms with Gasteiger partial charge in [-0.05, 0) is 12.1 Å². The topological polar surface area (TPSA) is 79.8 Å². The zero-order valence-electron chi connectivity index (χ0n) is 9.55. The molecule has 0 heterocycles. The van der Waals surface area contributed by atoms with Gasteiger partial charge in [-0.25, -0.2) is 10.2 Å². The van der Waals surface area contributed by atoms with Gasteiger partial charge >= 0.3 is 6.09 Å². The summed E-state index contributed by atoms with van der Waals surface area (Å²) in [6.07, 6.45) is -1.48. The number of ether oxygens (including phenoxy) is 2. The van der Waals surface area contributed by atoms with Crippen LogP contribution in [0.3, 0.4) is 0 Å². The van der Waals surface area contributed by atoms with Crippen molar-refractivity contribution in [3.05, 3.63) is 30.3 Å². The van der Waals surface area contributed by atoms with Crippen LogP contribution >= 0.6 is 0 Å². The van der Waals surface area contributed by atoms with Crippen molar-refractivity contribution in [1.82, 2.24) is 5.43 Å². The highest BCUT2D eigenvalue weighted by molar-refractivity contribution is 5.69. The Balaban J connectivity index is 2.17. The van der Waals surface area contributed by atoms with E-state index in [0.29, 0.717) is 0 Å². The molecular formula is C11H16N2O4. The Labute approximate surface area is 99.5 Å². The van der Waals surface area contributed by atoms with E-state index in [0.717, 1.165) is 5.69 Å². The summed E-state index contributed by atoms with van der Waals surface area (Å²) in [5, 5.41) is 9.23. The largest absolute Gasteiger partial charge is 0.446 e. The van der Waals surface area contributed by atoms with Crippen LogP contribution in [0, 0.1) is 0 Å². The molecule has 6 nitrogen and oxygen atoms in total. The molecule has 1 unspecified atom stereocenters. The van der Waals surface area contributed by atoms with Crippen molar-refractivity contribution in [1.29, 1.82) is 0 Å². The average molecular weight is 240 g/mol. The highest BCUT2D eigenvalue weighted by Crippen LogP contribution is 2.02. The van der Waals surface area contributed by atoms with Crippen molar-refractivity contribution >= 4 is 11.8 Å². The summed E-state index contributed by atoms with van der Waals surface area (Å²) in [5.41, 5.74) is 5.73. The zero-order valence-corrected chi connectivity index (χ0v) is 9.55. The van der Waals surface area contributed by atoms with Gasteiger partial charge < -0.3 is 14.6 Å². The summed E-state index contributed by atoms with van der Waals surface area (Å²) in [6, 6.07) is 9.11. The molecule has 1 atom stereocenters. The quantitative estimate of drug-likeness (QED) is 0.639. The number of aliphatic hydroxyl groups is 1. The van der Waals surface area contributed by atoms with E-state index in [2.05, 4.69) is 15.6 Å². The van der Waals surface area contributed by atoms with Crippen LogP contribution in [0.1, 0.15) is 0 Å². The zero-order chi connectivity index (χ0) is 12.5. The van der Waals surface area contributed by atoms with Gasteiger partial charge in [0.25, 0.3) is 0 Å². The van der Waals surface area contributed by atoms with Crippen molar-refractivity contribution in [3.63, 3.8) is 0 Å². The Morgan fingerprint density at radius 3 is 2.71 bits per heavy atom. The molecule has 1 rings (SSSR count). The summed E-state index contributed by atoms with van der Waals surface area (Å²) in [4.78, 5) is 11.2. The fraction of sp³-hybridized carbons (Fsp3) is 0.364. The number of nitrogens with one attached hydrogen (secondary N) is 2. The smallest absolute Gasteiger partial charge is 0.426 e. The van der Waals surface area contributed by atoms with Crippen LogP contribution in [0.4, 0.5) is 10.5 Å². The number of para-hydroxylation sites is 1. The lowest BCUT2D eigenvalue weighted by atomic mass is 10.3. The maximum Gasteiger partial charge on any atom is 0.426 e. The van der Waals surface area contributed by atoms with Crippen molar-refractivity contribution in [2.75, 3.05) is 25.7 Å². The number of carbonyl (C=O) groups excluding carboxylic acids is 1. The van der Waals surface area contributed by atoms with Gasteiger partial charge in [0.15, 0.2) is 0 Å². The Kier molecular flexibility index (Phi) is 5.84. The van der Waals surface area contributed by atoms with E-state index in [-0.39, 0.29) is 13.2 Å². The van der Waals surface area contributed by atoms with Crippen LogP contribution in [-0.2, 0) is 9.47 Å². The molecule has 1 amide bonds.